The van der Waals surface area contributed by atoms with E-state index in [1.807, 2.05) is 12.1 Å². The maximum Gasteiger partial charge on any atom is 0.123 e. The van der Waals surface area contributed by atoms with Crippen LogP contribution in [0, 0.1) is 5.82 Å². The molecule has 92 valence electrons. The van der Waals surface area contributed by atoms with Crippen molar-refractivity contribution in [3.8, 4) is 0 Å². The predicted molar refractivity (Wildman–Crippen MR) is 71.1 cm³/mol. The van der Waals surface area contributed by atoms with Crippen LogP contribution in [0.2, 0.25) is 0 Å². The SMILES string of the molecule is Fc1ccc(C2CSc3ccccc3CO2)cc1. The number of benzene rings is 2. The average molecular weight is 260 g/mol. The minimum Gasteiger partial charge on any atom is -0.368 e. The summed E-state index contributed by atoms with van der Waals surface area (Å²) in [5.41, 5.74) is 2.27. The van der Waals surface area contributed by atoms with Gasteiger partial charge in [-0.05, 0) is 29.3 Å². The number of fused-ring (bicyclic) bond motifs is 1. The summed E-state index contributed by atoms with van der Waals surface area (Å²) in [5, 5.41) is 0. The van der Waals surface area contributed by atoms with Crippen molar-refractivity contribution in [3.05, 3.63) is 65.5 Å². The normalized spacial score (nSPS) is 19.1. The first-order valence-electron chi connectivity index (χ1n) is 5.91. The summed E-state index contributed by atoms with van der Waals surface area (Å²) in [6.07, 6.45) is 0.0306. The van der Waals surface area contributed by atoms with Crippen LogP contribution in [0.25, 0.3) is 0 Å². The van der Waals surface area contributed by atoms with Gasteiger partial charge in [0.1, 0.15) is 5.82 Å². The van der Waals surface area contributed by atoms with E-state index in [-0.39, 0.29) is 11.9 Å². The molecule has 3 rings (SSSR count). The van der Waals surface area contributed by atoms with Crippen LogP contribution >= 0.6 is 11.8 Å². The monoisotopic (exact) mass is 260 g/mol. The molecule has 0 bridgehead atoms. The average Bonchev–Trinajstić information content (AvgIpc) is 2.62. The fourth-order valence-electron chi connectivity index (χ4n) is 2.04. The van der Waals surface area contributed by atoms with Crippen LogP contribution in [0.1, 0.15) is 17.2 Å². The standard InChI is InChI=1S/C15H13FOS/c16-13-7-5-11(6-8-13)14-10-18-15-4-2-1-3-12(15)9-17-14/h1-8,14H,9-10H2. The predicted octanol–water partition coefficient (Wildman–Crippen LogP) is 4.19. The molecule has 18 heavy (non-hydrogen) atoms. The lowest BCUT2D eigenvalue weighted by atomic mass is 10.1. The van der Waals surface area contributed by atoms with Gasteiger partial charge in [-0.15, -0.1) is 11.8 Å². The molecule has 1 unspecified atom stereocenters. The van der Waals surface area contributed by atoms with E-state index in [2.05, 4.69) is 12.1 Å². The molecule has 0 N–H and O–H groups in total. The second kappa shape index (κ2) is 5.12. The molecule has 2 aromatic carbocycles. The van der Waals surface area contributed by atoms with Crippen LogP contribution < -0.4 is 0 Å². The van der Waals surface area contributed by atoms with Gasteiger partial charge in [-0.2, -0.15) is 0 Å². The summed E-state index contributed by atoms with van der Waals surface area (Å²) >= 11 is 1.80. The van der Waals surface area contributed by atoms with Crippen molar-refractivity contribution in [2.24, 2.45) is 0 Å². The van der Waals surface area contributed by atoms with Gasteiger partial charge < -0.3 is 4.74 Å². The molecule has 1 atom stereocenters. The molecular formula is C15H13FOS. The zero-order chi connectivity index (χ0) is 12.4. The van der Waals surface area contributed by atoms with Crippen molar-refractivity contribution >= 4 is 11.8 Å². The number of thioether (sulfide) groups is 1. The second-order valence-corrected chi connectivity index (χ2v) is 5.33. The highest BCUT2D eigenvalue weighted by molar-refractivity contribution is 7.99. The minimum absolute atomic E-state index is 0.0306. The van der Waals surface area contributed by atoms with Gasteiger partial charge in [0.2, 0.25) is 0 Å². The Labute approximate surface area is 110 Å². The van der Waals surface area contributed by atoms with E-state index in [1.165, 1.54) is 22.6 Å². The zero-order valence-corrected chi connectivity index (χ0v) is 10.6. The van der Waals surface area contributed by atoms with E-state index in [9.17, 15) is 4.39 Å². The van der Waals surface area contributed by atoms with E-state index < -0.39 is 0 Å². The summed E-state index contributed by atoms with van der Waals surface area (Å²) in [6, 6.07) is 14.9. The fraction of sp³-hybridized carbons (Fsp3) is 0.200. The first-order valence-corrected chi connectivity index (χ1v) is 6.89. The highest BCUT2D eigenvalue weighted by Crippen LogP contribution is 2.34. The van der Waals surface area contributed by atoms with Gasteiger partial charge in [0.25, 0.3) is 0 Å². The van der Waals surface area contributed by atoms with Crippen LogP contribution in [-0.4, -0.2) is 5.75 Å². The highest BCUT2D eigenvalue weighted by Gasteiger charge is 2.18. The molecule has 1 heterocycles. The van der Waals surface area contributed by atoms with E-state index in [0.29, 0.717) is 6.61 Å². The molecule has 0 aromatic heterocycles. The van der Waals surface area contributed by atoms with Gasteiger partial charge in [-0.25, -0.2) is 4.39 Å². The van der Waals surface area contributed by atoms with Gasteiger partial charge in [0.05, 0.1) is 12.7 Å². The lowest BCUT2D eigenvalue weighted by molar-refractivity contribution is 0.0566. The van der Waals surface area contributed by atoms with Gasteiger partial charge in [-0.1, -0.05) is 30.3 Å². The molecule has 1 aliphatic rings. The van der Waals surface area contributed by atoms with Crippen LogP contribution in [0.4, 0.5) is 4.39 Å². The number of hydrogen-bond acceptors (Lipinski definition) is 2. The summed E-state index contributed by atoms with van der Waals surface area (Å²) in [6.45, 7) is 0.616. The number of rotatable bonds is 1. The molecule has 1 nitrogen and oxygen atoms in total. The molecule has 0 aliphatic carbocycles. The van der Waals surface area contributed by atoms with Crippen molar-refractivity contribution in [1.82, 2.24) is 0 Å². The first-order chi connectivity index (χ1) is 8.83. The first kappa shape index (κ1) is 11.8. The van der Waals surface area contributed by atoms with Gasteiger partial charge in [0, 0.05) is 10.6 Å². The molecule has 0 spiro atoms. The molecular weight excluding hydrogens is 247 g/mol. The molecule has 0 amide bonds. The highest BCUT2D eigenvalue weighted by atomic mass is 32.2. The summed E-state index contributed by atoms with van der Waals surface area (Å²) in [7, 11) is 0. The van der Waals surface area contributed by atoms with E-state index in [1.54, 1.807) is 23.9 Å². The van der Waals surface area contributed by atoms with Crippen molar-refractivity contribution in [2.75, 3.05) is 5.75 Å². The Balaban J connectivity index is 1.80. The third-order valence-electron chi connectivity index (χ3n) is 3.04. The Morgan fingerprint density at radius 2 is 1.83 bits per heavy atom. The molecule has 0 saturated heterocycles. The van der Waals surface area contributed by atoms with E-state index >= 15 is 0 Å². The zero-order valence-electron chi connectivity index (χ0n) is 9.80. The maximum atomic E-state index is 12.9. The lowest BCUT2D eigenvalue weighted by Crippen LogP contribution is -2.05. The van der Waals surface area contributed by atoms with E-state index in [4.69, 9.17) is 4.74 Å². The molecule has 2 aromatic rings. The topological polar surface area (TPSA) is 9.23 Å². The van der Waals surface area contributed by atoms with Crippen LogP contribution in [0.3, 0.4) is 0 Å². The Bertz CT molecular complexity index is 511. The Kier molecular flexibility index (Phi) is 3.35. The Morgan fingerprint density at radius 3 is 2.67 bits per heavy atom. The maximum absolute atomic E-state index is 12.9. The molecule has 0 radical (unpaired) electrons. The van der Waals surface area contributed by atoms with Crippen LogP contribution in [0.5, 0.6) is 0 Å². The quantitative estimate of drug-likeness (QED) is 0.760. The van der Waals surface area contributed by atoms with Gasteiger partial charge >= 0.3 is 0 Å². The fourth-order valence-corrected chi connectivity index (χ4v) is 3.14. The largest absolute Gasteiger partial charge is 0.368 e. The summed E-state index contributed by atoms with van der Waals surface area (Å²) in [5.74, 6) is 0.658. The Hall–Kier alpha value is -1.32. The number of hydrogen-bond donors (Lipinski definition) is 0. The van der Waals surface area contributed by atoms with Crippen molar-refractivity contribution < 1.29 is 9.13 Å². The summed E-state index contributed by atoms with van der Waals surface area (Å²) < 4.78 is 18.8. The third kappa shape index (κ3) is 2.42. The second-order valence-electron chi connectivity index (χ2n) is 4.27. The lowest BCUT2D eigenvalue weighted by Gasteiger charge is -2.14. The van der Waals surface area contributed by atoms with Gasteiger partial charge in [0.15, 0.2) is 0 Å². The van der Waals surface area contributed by atoms with Crippen molar-refractivity contribution in [2.45, 2.75) is 17.6 Å². The molecule has 0 fully saturated rings. The molecule has 1 aliphatic heterocycles. The van der Waals surface area contributed by atoms with Crippen molar-refractivity contribution in [1.29, 1.82) is 0 Å². The molecule has 3 heteroatoms. The number of halogens is 1. The minimum atomic E-state index is -0.205. The number of ether oxygens (including phenoxy) is 1. The van der Waals surface area contributed by atoms with Crippen LogP contribution in [0.15, 0.2) is 53.4 Å². The van der Waals surface area contributed by atoms with Gasteiger partial charge in [-0.3, -0.25) is 0 Å². The third-order valence-corrected chi connectivity index (χ3v) is 4.22. The Morgan fingerprint density at radius 1 is 1.06 bits per heavy atom. The summed E-state index contributed by atoms with van der Waals surface area (Å²) in [4.78, 5) is 1.28. The van der Waals surface area contributed by atoms with E-state index in [0.717, 1.165) is 11.3 Å². The van der Waals surface area contributed by atoms with Crippen LogP contribution in [-0.2, 0) is 11.3 Å². The molecule has 0 saturated carbocycles. The van der Waals surface area contributed by atoms with Crippen molar-refractivity contribution in [3.63, 3.8) is 0 Å². The smallest absolute Gasteiger partial charge is 0.123 e.